The van der Waals surface area contributed by atoms with Gasteiger partial charge in [-0.25, -0.2) is 0 Å². The third kappa shape index (κ3) is 9.37. The van der Waals surface area contributed by atoms with Gasteiger partial charge in [0.05, 0.1) is 19.8 Å². The maximum Gasteiger partial charge on any atom is 0.243 e. The largest absolute Gasteiger partial charge is 0.494 e. The Hall–Kier alpha value is -2.69. The molecule has 5 nitrogen and oxygen atoms in total. The number of anilines is 2. The predicted octanol–water partition coefficient (Wildman–Crippen LogP) is 5.73. The van der Waals surface area contributed by atoms with Crippen LogP contribution in [0.15, 0.2) is 48.5 Å². The average molecular weight is 399 g/mol. The minimum atomic E-state index is -0.109. The van der Waals surface area contributed by atoms with E-state index in [9.17, 15) is 4.79 Å². The second-order valence-corrected chi connectivity index (χ2v) is 7.57. The normalized spacial score (nSPS) is 10.6. The van der Waals surface area contributed by atoms with Gasteiger partial charge in [-0.1, -0.05) is 46.1 Å². The molecule has 29 heavy (non-hydrogen) atoms. The molecule has 2 N–H and O–H groups in total. The van der Waals surface area contributed by atoms with E-state index in [1.165, 1.54) is 19.3 Å². The molecule has 0 aliphatic carbocycles. The van der Waals surface area contributed by atoms with Crippen molar-refractivity contribution in [3.8, 4) is 11.5 Å². The highest BCUT2D eigenvalue weighted by Crippen LogP contribution is 2.19. The van der Waals surface area contributed by atoms with E-state index in [0.29, 0.717) is 12.5 Å². The van der Waals surface area contributed by atoms with Crippen molar-refractivity contribution in [1.29, 1.82) is 0 Å². The summed E-state index contributed by atoms with van der Waals surface area (Å²) in [4.78, 5) is 12.2. The van der Waals surface area contributed by atoms with Crippen LogP contribution < -0.4 is 20.1 Å². The van der Waals surface area contributed by atoms with Gasteiger partial charge in [0.2, 0.25) is 5.91 Å². The minimum absolute atomic E-state index is 0.109. The van der Waals surface area contributed by atoms with E-state index < -0.39 is 0 Å². The van der Waals surface area contributed by atoms with Gasteiger partial charge in [-0.15, -0.1) is 0 Å². The Morgan fingerprint density at radius 2 is 1.72 bits per heavy atom. The lowest BCUT2D eigenvalue weighted by Gasteiger charge is -2.11. The van der Waals surface area contributed by atoms with Crippen LogP contribution in [0.25, 0.3) is 0 Å². The lowest BCUT2D eigenvalue weighted by Crippen LogP contribution is -2.21. The maximum atomic E-state index is 12.2. The van der Waals surface area contributed by atoms with Crippen molar-refractivity contribution in [1.82, 2.24) is 0 Å². The van der Waals surface area contributed by atoms with Crippen LogP contribution in [0.2, 0.25) is 0 Å². The first kappa shape index (κ1) is 22.6. The minimum Gasteiger partial charge on any atom is -0.494 e. The van der Waals surface area contributed by atoms with Crippen LogP contribution in [0.5, 0.6) is 11.5 Å². The Morgan fingerprint density at radius 3 is 2.45 bits per heavy atom. The molecule has 2 aromatic carbocycles. The quantitative estimate of drug-likeness (QED) is 0.423. The first-order valence-electron chi connectivity index (χ1n) is 10.6. The van der Waals surface area contributed by atoms with Gasteiger partial charge in [0.25, 0.3) is 0 Å². The van der Waals surface area contributed by atoms with Gasteiger partial charge in [-0.05, 0) is 48.7 Å². The summed E-state index contributed by atoms with van der Waals surface area (Å²) in [5.41, 5.74) is 1.61. The molecule has 0 atom stereocenters. The molecule has 1 amide bonds. The first-order chi connectivity index (χ1) is 14.1. The van der Waals surface area contributed by atoms with Crippen LogP contribution in [0, 0.1) is 5.92 Å². The molecule has 0 radical (unpaired) electrons. The third-order valence-corrected chi connectivity index (χ3v) is 4.28. The number of rotatable bonds is 13. The Kier molecular flexibility index (Phi) is 9.90. The smallest absolute Gasteiger partial charge is 0.243 e. The molecule has 0 aliphatic heterocycles. The second kappa shape index (κ2) is 12.7. The number of nitrogens with one attached hydrogen (secondary N) is 2. The number of benzene rings is 2. The molecule has 0 heterocycles. The Balaban J connectivity index is 1.72. The fraction of sp³-hybridized carbons (Fsp3) is 0.458. The maximum absolute atomic E-state index is 12.2. The van der Waals surface area contributed by atoms with Crippen molar-refractivity contribution >= 4 is 17.3 Å². The highest BCUT2D eigenvalue weighted by molar-refractivity contribution is 5.93. The van der Waals surface area contributed by atoms with Gasteiger partial charge < -0.3 is 20.1 Å². The number of unbranched alkanes of at least 4 members (excludes halogenated alkanes) is 3. The van der Waals surface area contributed by atoms with Crippen molar-refractivity contribution in [2.45, 2.75) is 46.5 Å². The van der Waals surface area contributed by atoms with E-state index in [0.717, 1.165) is 35.9 Å². The van der Waals surface area contributed by atoms with E-state index in [-0.39, 0.29) is 12.5 Å². The van der Waals surface area contributed by atoms with E-state index in [4.69, 9.17) is 9.47 Å². The summed E-state index contributed by atoms with van der Waals surface area (Å²) in [6, 6.07) is 15.2. The number of hydrogen-bond acceptors (Lipinski definition) is 4. The molecule has 0 spiro atoms. The molecule has 2 rings (SSSR count). The molecule has 0 aromatic heterocycles. The summed E-state index contributed by atoms with van der Waals surface area (Å²) in [5.74, 6) is 1.96. The number of ether oxygens (including phenoxy) is 2. The number of carbonyl (C=O) groups is 1. The van der Waals surface area contributed by atoms with Crippen LogP contribution in [0.1, 0.15) is 46.5 Å². The second-order valence-electron chi connectivity index (χ2n) is 7.57. The van der Waals surface area contributed by atoms with Gasteiger partial charge in [0.15, 0.2) is 0 Å². The van der Waals surface area contributed by atoms with Gasteiger partial charge in [-0.3, -0.25) is 4.79 Å². The molecule has 0 saturated heterocycles. The topological polar surface area (TPSA) is 59.6 Å². The number of hydrogen-bond donors (Lipinski definition) is 2. The number of amides is 1. The van der Waals surface area contributed by atoms with Crippen molar-refractivity contribution in [2.24, 2.45) is 5.92 Å². The lowest BCUT2D eigenvalue weighted by atomic mass is 10.2. The zero-order valence-corrected chi connectivity index (χ0v) is 17.9. The molecular formula is C24H34N2O3. The van der Waals surface area contributed by atoms with Gasteiger partial charge >= 0.3 is 0 Å². The SMILES string of the molecule is CCCCCCOc1ccc(NCC(=O)Nc2cccc(OCC(C)C)c2)cc1. The Morgan fingerprint density at radius 1 is 0.931 bits per heavy atom. The molecule has 0 aliphatic rings. The summed E-state index contributed by atoms with van der Waals surface area (Å²) in [6.45, 7) is 7.99. The lowest BCUT2D eigenvalue weighted by molar-refractivity contribution is -0.114. The van der Waals surface area contributed by atoms with Crippen LogP contribution in [0.4, 0.5) is 11.4 Å². The molecule has 2 aromatic rings. The average Bonchev–Trinajstić information content (AvgIpc) is 2.72. The summed E-state index contributed by atoms with van der Waals surface area (Å²) in [7, 11) is 0. The third-order valence-electron chi connectivity index (χ3n) is 4.28. The van der Waals surface area contributed by atoms with Crippen molar-refractivity contribution in [2.75, 3.05) is 30.4 Å². The van der Waals surface area contributed by atoms with Crippen molar-refractivity contribution in [3.05, 3.63) is 48.5 Å². The van der Waals surface area contributed by atoms with E-state index >= 15 is 0 Å². The molecule has 5 heteroatoms. The fourth-order valence-corrected chi connectivity index (χ4v) is 2.70. The van der Waals surface area contributed by atoms with Crippen molar-refractivity contribution < 1.29 is 14.3 Å². The molecule has 0 fully saturated rings. The summed E-state index contributed by atoms with van der Waals surface area (Å²) >= 11 is 0. The molecular weight excluding hydrogens is 364 g/mol. The van der Waals surface area contributed by atoms with E-state index in [1.807, 2.05) is 48.5 Å². The Labute approximate surface area is 174 Å². The predicted molar refractivity (Wildman–Crippen MR) is 120 cm³/mol. The number of carbonyl (C=O) groups excluding carboxylic acids is 1. The summed E-state index contributed by atoms with van der Waals surface area (Å²) < 4.78 is 11.4. The summed E-state index contributed by atoms with van der Waals surface area (Å²) in [6.07, 6.45) is 4.77. The monoisotopic (exact) mass is 398 g/mol. The highest BCUT2D eigenvalue weighted by atomic mass is 16.5. The first-order valence-corrected chi connectivity index (χ1v) is 10.6. The molecule has 0 saturated carbocycles. The zero-order valence-electron chi connectivity index (χ0n) is 17.9. The van der Waals surface area contributed by atoms with E-state index in [1.54, 1.807) is 0 Å². The van der Waals surface area contributed by atoms with Crippen LogP contribution in [0.3, 0.4) is 0 Å². The summed E-state index contributed by atoms with van der Waals surface area (Å²) in [5, 5.41) is 6.02. The van der Waals surface area contributed by atoms with Gasteiger partial charge in [0, 0.05) is 17.4 Å². The van der Waals surface area contributed by atoms with Gasteiger partial charge in [-0.2, -0.15) is 0 Å². The molecule has 0 unspecified atom stereocenters. The van der Waals surface area contributed by atoms with E-state index in [2.05, 4.69) is 31.4 Å². The standard InChI is InChI=1S/C24H34N2O3/c1-4-5-6-7-15-28-22-13-11-20(12-14-22)25-17-24(27)26-21-9-8-10-23(16-21)29-18-19(2)3/h8-14,16,19,25H,4-7,15,17-18H2,1-3H3,(H,26,27). The zero-order chi connectivity index (χ0) is 20.9. The van der Waals surface area contributed by atoms with Gasteiger partial charge in [0.1, 0.15) is 11.5 Å². The van der Waals surface area contributed by atoms with Crippen LogP contribution in [-0.4, -0.2) is 25.7 Å². The van der Waals surface area contributed by atoms with Crippen molar-refractivity contribution in [3.63, 3.8) is 0 Å². The van der Waals surface area contributed by atoms with Crippen LogP contribution in [-0.2, 0) is 4.79 Å². The Bertz CT molecular complexity index is 729. The van der Waals surface area contributed by atoms with Crippen LogP contribution >= 0.6 is 0 Å². The fourth-order valence-electron chi connectivity index (χ4n) is 2.70. The highest BCUT2D eigenvalue weighted by Gasteiger charge is 2.05. The molecule has 0 bridgehead atoms. The molecule has 158 valence electrons.